The Kier molecular flexibility index (Phi) is 3.77. The van der Waals surface area contributed by atoms with Crippen molar-refractivity contribution in [2.75, 3.05) is 12.5 Å². The molecule has 0 heterocycles. The summed E-state index contributed by atoms with van der Waals surface area (Å²) in [6, 6.07) is 4.54. The zero-order valence-electron chi connectivity index (χ0n) is 7.79. The molecule has 0 fully saturated rings. The third kappa shape index (κ3) is 2.39. The number of aromatic hydroxyl groups is 1. The van der Waals surface area contributed by atoms with Gasteiger partial charge in [0.25, 0.3) is 0 Å². The highest BCUT2D eigenvalue weighted by atomic mass is 35.5. The Morgan fingerprint density at radius 3 is 2.79 bits per heavy atom. The highest BCUT2D eigenvalue weighted by Crippen LogP contribution is 2.24. The quantitative estimate of drug-likeness (QED) is 0.618. The first-order valence-electron chi connectivity index (χ1n) is 4.24. The van der Waals surface area contributed by atoms with Gasteiger partial charge in [0, 0.05) is 6.07 Å². The van der Waals surface area contributed by atoms with Gasteiger partial charge in [-0.25, -0.2) is 0 Å². The van der Waals surface area contributed by atoms with Crippen LogP contribution < -0.4 is 4.74 Å². The molecule has 0 unspecified atom stereocenters. The first-order valence-corrected chi connectivity index (χ1v) is 4.77. The number of ether oxygens (including phenoxy) is 1. The molecule has 0 radical (unpaired) electrons. The molecule has 0 aliphatic rings. The van der Waals surface area contributed by atoms with Gasteiger partial charge in [-0.15, -0.1) is 11.6 Å². The molecule has 0 aliphatic heterocycles. The molecule has 1 aromatic carbocycles. The van der Waals surface area contributed by atoms with Crippen molar-refractivity contribution in [2.24, 2.45) is 0 Å². The van der Waals surface area contributed by atoms with Gasteiger partial charge in [-0.05, 0) is 19.1 Å². The fourth-order valence-electron chi connectivity index (χ4n) is 1.08. The van der Waals surface area contributed by atoms with E-state index < -0.39 is 0 Å². The van der Waals surface area contributed by atoms with Crippen molar-refractivity contribution in [3.63, 3.8) is 0 Å². The maximum Gasteiger partial charge on any atom is 0.181 e. The van der Waals surface area contributed by atoms with E-state index >= 15 is 0 Å². The highest BCUT2D eigenvalue weighted by Gasteiger charge is 2.10. The molecule has 0 amide bonds. The topological polar surface area (TPSA) is 46.5 Å². The van der Waals surface area contributed by atoms with E-state index in [4.69, 9.17) is 16.3 Å². The smallest absolute Gasteiger partial charge is 0.181 e. The lowest BCUT2D eigenvalue weighted by Gasteiger charge is -2.05. The van der Waals surface area contributed by atoms with Crippen molar-refractivity contribution in [3.05, 3.63) is 23.8 Å². The number of rotatable bonds is 4. The summed E-state index contributed by atoms with van der Waals surface area (Å²) in [6.07, 6.45) is 0. The summed E-state index contributed by atoms with van der Waals surface area (Å²) in [6.45, 7) is 2.36. The van der Waals surface area contributed by atoms with Gasteiger partial charge in [0.05, 0.1) is 18.1 Å². The maximum absolute atomic E-state index is 11.2. The van der Waals surface area contributed by atoms with E-state index in [9.17, 15) is 9.90 Å². The molecule has 0 bridgehead atoms. The predicted octanol–water partition coefficient (Wildman–Crippen LogP) is 2.21. The lowest BCUT2D eigenvalue weighted by atomic mass is 10.1. The summed E-state index contributed by atoms with van der Waals surface area (Å²) in [5.41, 5.74) is 0.225. The molecule has 1 rings (SSSR count). The molecule has 0 atom stereocenters. The van der Waals surface area contributed by atoms with Crippen molar-refractivity contribution < 1.29 is 14.6 Å². The second kappa shape index (κ2) is 4.86. The van der Waals surface area contributed by atoms with Crippen molar-refractivity contribution >= 4 is 17.4 Å². The van der Waals surface area contributed by atoms with Crippen LogP contribution >= 0.6 is 11.6 Å². The van der Waals surface area contributed by atoms with Crippen LogP contribution in [0.2, 0.25) is 0 Å². The number of hydrogen-bond acceptors (Lipinski definition) is 3. The minimum atomic E-state index is -0.299. The predicted molar refractivity (Wildman–Crippen MR) is 54.3 cm³/mol. The van der Waals surface area contributed by atoms with Gasteiger partial charge in [0.2, 0.25) is 0 Å². The lowest BCUT2D eigenvalue weighted by molar-refractivity contribution is 0.101. The fourth-order valence-corrected chi connectivity index (χ4v) is 1.22. The van der Waals surface area contributed by atoms with Gasteiger partial charge in [0.1, 0.15) is 11.5 Å². The third-order valence-corrected chi connectivity index (χ3v) is 1.94. The largest absolute Gasteiger partial charge is 0.507 e. The number of phenols is 1. The number of alkyl halides is 1. The number of phenolic OH excluding ortho intramolecular Hbond substituents is 1. The van der Waals surface area contributed by atoms with Crippen LogP contribution in [0.25, 0.3) is 0 Å². The SMILES string of the molecule is CCOc1ccc(C(=O)CCl)c(O)c1. The molecule has 0 spiro atoms. The van der Waals surface area contributed by atoms with E-state index in [1.165, 1.54) is 12.1 Å². The van der Waals surface area contributed by atoms with Crippen LogP contribution in [-0.4, -0.2) is 23.4 Å². The van der Waals surface area contributed by atoms with Crippen LogP contribution in [0.4, 0.5) is 0 Å². The van der Waals surface area contributed by atoms with Crippen LogP contribution in [0, 0.1) is 0 Å². The molecule has 0 saturated heterocycles. The van der Waals surface area contributed by atoms with E-state index in [-0.39, 0.29) is 23.0 Å². The molecule has 76 valence electrons. The second-order valence-electron chi connectivity index (χ2n) is 2.67. The summed E-state index contributed by atoms with van der Waals surface area (Å²) in [5, 5.41) is 9.46. The minimum absolute atomic E-state index is 0.0957. The molecule has 1 N–H and O–H groups in total. The van der Waals surface area contributed by atoms with E-state index in [0.29, 0.717) is 12.4 Å². The Balaban J connectivity index is 2.95. The zero-order chi connectivity index (χ0) is 10.6. The lowest BCUT2D eigenvalue weighted by Crippen LogP contribution is -2.01. The van der Waals surface area contributed by atoms with Crippen molar-refractivity contribution in [3.8, 4) is 11.5 Å². The third-order valence-electron chi connectivity index (χ3n) is 1.70. The molecule has 0 aliphatic carbocycles. The molecular formula is C10H11ClO3. The number of carbonyl (C=O) groups excluding carboxylic acids is 1. The first kappa shape index (κ1) is 10.9. The van der Waals surface area contributed by atoms with Gasteiger partial charge in [0.15, 0.2) is 5.78 Å². The summed E-state index contributed by atoms with van der Waals surface area (Å²) in [7, 11) is 0. The fraction of sp³-hybridized carbons (Fsp3) is 0.300. The molecule has 1 aromatic rings. The molecule has 0 saturated carbocycles. The van der Waals surface area contributed by atoms with Crippen molar-refractivity contribution in [1.82, 2.24) is 0 Å². The van der Waals surface area contributed by atoms with Gasteiger partial charge in [-0.3, -0.25) is 4.79 Å². The molecule has 0 aromatic heterocycles. The Bertz CT molecular complexity index is 336. The van der Waals surface area contributed by atoms with Gasteiger partial charge < -0.3 is 9.84 Å². The zero-order valence-corrected chi connectivity index (χ0v) is 8.54. The van der Waals surface area contributed by atoms with E-state index in [1.54, 1.807) is 6.07 Å². The van der Waals surface area contributed by atoms with Crippen LogP contribution in [0.15, 0.2) is 18.2 Å². The highest BCUT2D eigenvalue weighted by molar-refractivity contribution is 6.30. The monoisotopic (exact) mass is 214 g/mol. The number of carbonyl (C=O) groups is 1. The minimum Gasteiger partial charge on any atom is -0.507 e. The average Bonchev–Trinajstić information content (AvgIpc) is 2.17. The number of benzene rings is 1. The van der Waals surface area contributed by atoms with E-state index in [1.807, 2.05) is 6.92 Å². The van der Waals surface area contributed by atoms with Gasteiger partial charge in [-0.2, -0.15) is 0 Å². The summed E-state index contributed by atoms with van der Waals surface area (Å²) in [5.74, 6) is 0.00610. The summed E-state index contributed by atoms with van der Waals surface area (Å²) in [4.78, 5) is 11.2. The maximum atomic E-state index is 11.2. The summed E-state index contributed by atoms with van der Waals surface area (Å²) < 4.78 is 5.15. The van der Waals surface area contributed by atoms with Gasteiger partial charge >= 0.3 is 0 Å². The van der Waals surface area contributed by atoms with Crippen LogP contribution in [-0.2, 0) is 0 Å². The number of ketones is 1. The Morgan fingerprint density at radius 2 is 2.29 bits per heavy atom. The van der Waals surface area contributed by atoms with Gasteiger partial charge in [-0.1, -0.05) is 0 Å². The average molecular weight is 215 g/mol. The number of Topliss-reactive ketones (excluding diaryl/α,β-unsaturated/α-hetero) is 1. The van der Waals surface area contributed by atoms with Crippen LogP contribution in [0.5, 0.6) is 11.5 Å². The Hall–Kier alpha value is -1.22. The first-order chi connectivity index (χ1) is 6.69. The molecular weight excluding hydrogens is 204 g/mol. The molecule has 4 heteroatoms. The standard InChI is InChI=1S/C10H11ClO3/c1-2-14-7-3-4-8(9(12)5-7)10(13)6-11/h3-5,12H,2,6H2,1H3. The number of hydrogen-bond donors (Lipinski definition) is 1. The normalized spacial score (nSPS) is 9.86. The van der Waals surface area contributed by atoms with E-state index in [0.717, 1.165) is 0 Å². The van der Waals surface area contributed by atoms with Crippen LogP contribution in [0.1, 0.15) is 17.3 Å². The second-order valence-corrected chi connectivity index (χ2v) is 2.94. The molecule has 3 nitrogen and oxygen atoms in total. The van der Waals surface area contributed by atoms with Crippen LogP contribution in [0.3, 0.4) is 0 Å². The Labute approximate surface area is 87.3 Å². The van der Waals surface area contributed by atoms with Crippen molar-refractivity contribution in [1.29, 1.82) is 0 Å². The van der Waals surface area contributed by atoms with Crippen molar-refractivity contribution in [2.45, 2.75) is 6.92 Å². The van der Waals surface area contributed by atoms with E-state index in [2.05, 4.69) is 0 Å². The number of halogens is 1. The Morgan fingerprint density at radius 1 is 1.57 bits per heavy atom. The molecule has 14 heavy (non-hydrogen) atoms. The summed E-state index contributed by atoms with van der Waals surface area (Å²) >= 11 is 5.37.